The maximum absolute atomic E-state index is 13.4. The van der Waals surface area contributed by atoms with E-state index in [1.54, 1.807) is 37.6 Å². The first kappa shape index (κ1) is 28.9. The number of aliphatic hydroxyl groups excluding tert-OH is 1. The van der Waals surface area contributed by atoms with E-state index in [9.17, 15) is 24.8 Å². The zero-order valence-corrected chi connectivity index (χ0v) is 24.1. The van der Waals surface area contributed by atoms with Crippen LogP contribution in [0.15, 0.2) is 39.9 Å². The molecular formula is C26H32N4O8S2. The molecule has 2 saturated heterocycles. The van der Waals surface area contributed by atoms with Gasteiger partial charge in [-0.2, -0.15) is 0 Å². The second-order valence-electron chi connectivity index (χ2n) is 10.3. The van der Waals surface area contributed by atoms with Gasteiger partial charge in [0.2, 0.25) is 5.91 Å². The number of nitrogens with zero attached hydrogens (tertiary/aromatic N) is 4. The summed E-state index contributed by atoms with van der Waals surface area (Å²) in [6.07, 6.45) is -0.824. The summed E-state index contributed by atoms with van der Waals surface area (Å²) in [5.41, 5.74) is 0.793. The van der Waals surface area contributed by atoms with E-state index in [0.29, 0.717) is 12.2 Å². The van der Waals surface area contributed by atoms with Crippen LogP contribution in [0.3, 0.4) is 0 Å². The smallest absolute Gasteiger partial charge is 0.356 e. The average molecular weight is 593 g/mol. The van der Waals surface area contributed by atoms with Crippen LogP contribution in [0.1, 0.15) is 19.4 Å². The molecule has 0 aromatic heterocycles. The molecule has 1 N–H and O–H groups in total. The number of carbonyl (C=O) groups excluding carboxylic acids is 2. The van der Waals surface area contributed by atoms with E-state index in [1.807, 2.05) is 6.92 Å². The number of aliphatic imine (C=N–C) groups is 1. The molecule has 0 radical (unpaired) electrons. The van der Waals surface area contributed by atoms with Crippen molar-refractivity contribution in [1.82, 2.24) is 9.80 Å². The van der Waals surface area contributed by atoms with E-state index in [0.717, 1.165) is 28.9 Å². The number of hydrogen-bond acceptors (Lipinski definition) is 12. The van der Waals surface area contributed by atoms with Gasteiger partial charge >= 0.3 is 5.97 Å². The molecule has 1 aromatic rings. The van der Waals surface area contributed by atoms with Crippen molar-refractivity contribution in [2.24, 2.45) is 16.8 Å². The third-order valence-electron chi connectivity index (χ3n) is 7.44. The number of aliphatic hydroxyl groups is 1. The molecular weight excluding hydrogens is 560 g/mol. The highest BCUT2D eigenvalue weighted by Crippen LogP contribution is 2.52. The van der Waals surface area contributed by atoms with Gasteiger partial charge in [-0.1, -0.05) is 18.7 Å². The van der Waals surface area contributed by atoms with Gasteiger partial charge in [0.05, 0.1) is 35.6 Å². The third-order valence-corrected chi connectivity index (χ3v) is 10.1. The van der Waals surface area contributed by atoms with Gasteiger partial charge in [-0.15, -0.1) is 11.8 Å². The second-order valence-corrected chi connectivity index (χ2v) is 12.6. The Balaban J connectivity index is 1.25. The minimum absolute atomic E-state index is 0.0503. The molecule has 0 saturated carbocycles. The van der Waals surface area contributed by atoms with E-state index in [-0.39, 0.29) is 53.9 Å². The van der Waals surface area contributed by atoms with Crippen LogP contribution in [-0.2, 0) is 30.4 Å². The van der Waals surface area contributed by atoms with Gasteiger partial charge in [-0.05, 0) is 24.6 Å². The highest BCUT2D eigenvalue weighted by Gasteiger charge is 2.60. The topological polar surface area (TPSA) is 144 Å². The monoisotopic (exact) mass is 592 g/mol. The number of benzene rings is 1. The molecule has 1 aromatic carbocycles. The Hall–Kier alpha value is -2.65. The minimum Gasteiger partial charge on any atom is -0.456 e. The number of carbonyl (C=O) groups is 2. The van der Waals surface area contributed by atoms with Gasteiger partial charge in [0.1, 0.15) is 19.1 Å². The van der Waals surface area contributed by atoms with Gasteiger partial charge in [0.15, 0.2) is 5.17 Å². The van der Waals surface area contributed by atoms with Crippen LogP contribution in [0.2, 0.25) is 0 Å². The minimum atomic E-state index is -0.824. The van der Waals surface area contributed by atoms with Gasteiger partial charge in [-0.25, -0.2) is 4.79 Å². The molecule has 0 unspecified atom stereocenters. The number of likely N-dealkylation sites (tertiary alicyclic amines) is 1. The fourth-order valence-corrected chi connectivity index (χ4v) is 7.96. The van der Waals surface area contributed by atoms with Crippen molar-refractivity contribution in [3.8, 4) is 0 Å². The van der Waals surface area contributed by atoms with E-state index in [2.05, 4.69) is 4.90 Å². The molecule has 4 aliphatic rings. The van der Waals surface area contributed by atoms with Gasteiger partial charge in [-0.3, -0.25) is 19.9 Å². The van der Waals surface area contributed by atoms with Crippen LogP contribution in [0.4, 0.5) is 5.69 Å². The lowest BCUT2D eigenvalue weighted by atomic mass is 9.79. The molecule has 0 bridgehead atoms. The second kappa shape index (κ2) is 12.1. The normalized spacial score (nSPS) is 26.8. The number of amidine groups is 1. The number of β-lactam (4-membered cyclic amide) rings is 1. The highest BCUT2D eigenvalue weighted by molar-refractivity contribution is 8.14. The maximum atomic E-state index is 13.4. The number of thioether (sulfide) groups is 2. The quantitative estimate of drug-likeness (QED) is 0.101. The van der Waals surface area contributed by atoms with Gasteiger partial charge in [0.25, 0.3) is 5.69 Å². The Kier molecular flexibility index (Phi) is 8.71. The average Bonchev–Trinajstić information content (AvgIpc) is 3.45. The number of non-ortho nitro benzene ring substituents is 1. The fourth-order valence-electron chi connectivity index (χ4n) is 5.38. The summed E-state index contributed by atoms with van der Waals surface area (Å²) in [4.78, 5) is 46.0. The molecule has 0 spiro atoms. The molecule has 12 nitrogen and oxygen atoms in total. The number of rotatable bonds is 11. The Morgan fingerprint density at radius 1 is 1.32 bits per heavy atom. The maximum Gasteiger partial charge on any atom is 0.356 e. The van der Waals surface area contributed by atoms with Gasteiger partial charge in [0, 0.05) is 54.2 Å². The summed E-state index contributed by atoms with van der Waals surface area (Å²) in [7, 11) is 1.59. The van der Waals surface area contributed by atoms with E-state index in [1.165, 1.54) is 29.2 Å². The van der Waals surface area contributed by atoms with E-state index < -0.39 is 22.9 Å². The predicted octanol–water partition coefficient (Wildman–Crippen LogP) is 2.22. The first-order valence-electron chi connectivity index (χ1n) is 13.0. The lowest BCUT2D eigenvalue weighted by Crippen LogP contribution is -2.63. The standard InChI is InChI=1S/C26H32N4O8S2/c1-14-21-20(15(2)31)24(32)29(21)22(25(33)38-10-16-4-6-18(7-5-16)30(34)35)23(14)40-19-8-28(9-19)26-27-17(12-39-26)11-37-13-36-3/h4-7,14-15,17,19-21,31H,8-13H2,1-3H3/t14-,15-,17-,20-,21-/m1/s1. The number of ether oxygens (including phenoxy) is 3. The Morgan fingerprint density at radius 2 is 2.05 bits per heavy atom. The summed E-state index contributed by atoms with van der Waals surface area (Å²) in [6, 6.07) is 5.59. The highest BCUT2D eigenvalue weighted by atomic mass is 32.2. The molecule has 1 amide bonds. The van der Waals surface area contributed by atoms with Crippen molar-refractivity contribution in [3.63, 3.8) is 0 Å². The lowest BCUT2D eigenvalue weighted by Gasteiger charge is -2.46. The number of esters is 1. The molecule has 0 aliphatic carbocycles. The van der Waals surface area contributed by atoms with Crippen LogP contribution < -0.4 is 0 Å². The fraction of sp³-hybridized carbons (Fsp3) is 0.577. The summed E-state index contributed by atoms with van der Waals surface area (Å²) in [5, 5.41) is 22.4. The molecule has 216 valence electrons. The van der Waals surface area contributed by atoms with Gasteiger partial charge < -0.3 is 29.1 Å². The van der Waals surface area contributed by atoms with Crippen molar-refractivity contribution >= 4 is 46.3 Å². The number of amides is 1. The summed E-state index contributed by atoms with van der Waals surface area (Å²) in [5.74, 6) is -0.722. The zero-order chi connectivity index (χ0) is 28.6. The summed E-state index contributed by atoms with van der Waals surface area (Å²) < 4.78 is 15.9. The molecule has 40 heavy (non-hydrogen) atoms. The van der Waals surface area contributed by atoms with Crippen LogP contribution in [-0.4, -0.2) is 99.7 Å². The Morgan fingerprint density at radius 3 is 2.70 bits per heavy atom. The Bertz CT molecular complexity index is 1220. The van der Waals surface area contributed by atoms with Crippen molar-refractivity contribution in [1.29, 1.82) is 0 Å². The van der Waals surface area contributed by atoms with Crippen LogP contribution >= 0.6 is 23.5 Å². The van der Waals surface area contributed by atoms with Crippen molar-refractivity contribution < 1.29 is 33.8 Å². The molecule has 5 rings (SSSR count). The first-order valence-corrected chi connectivity index (χ1v) is 14.9. The summed E-state index contributed by atoms with van der Waals surface area (Å²) >= 11 is 3.30. The van der Waals surface area contributed by atoms with Crippen LogP contribution in [0.25, 0.3) is 0 Å². The van der Waals surface area contributed by atoms with E-state index in [4.69, 9.17) is 19.2 Å². The SMILES string of the molecule is COCOC[C@@H]1CSC(N2CC(SC3=C(C(=O)OCc4ccc([N+](=O)[O-])cc4)N4C(=O)[C@H]([C@@H](C)O)[C@H]4[C@H]3C)C2)=N1. The van der Waals surface area contributed by atoms with Crippen molar-refractivity contribution in [2.45, 2.75) is 43.9 Å². The molecule has 4 aliphatic heterocycles. The lowest BCUT2D eigenvalue weighted by molar-refractivity contribution is -0.384. The Labute approximate surface area is 240 Å². The van der Waals surface area contributed by atoms with E-state index >= 15 is 0 Å². The molecule has 2 fully saturated rings. The van der Waals surface area contributed by atoms with Crippen LogP contribution in [0.5, 0.6) is 0 Å². The molecule has 14 heteroatoms. The number of nitro groups is 1. The number of nitro benzene ring substituents is 1. The van der Waals surface area contributed by atoms with Crippen LogP contribution in [0, 0.1) is 22.0 Å². The number of fused-ring (bicyclic) bond motifs is 1. The largest absolute Gasteiger partial charge is 0.456 e. The third kappa shape index (κ3) is 5.59. The zero-order valence-electron chi connectivity index (χ0n) is 22.4. The predicted molar refractivity (Wildman–Crippen MR) is 149 cm³/mol. The molecule has 4 heterocycles. The number of hydrogen-bond donors (Lipinski definition) is 1. The first-order chi connectivity index (χ1) is 19.2. The molecule has 5 atom stereocenters. The number of methoxy groups -OCH3 is 1. The summed E-state index contributed by atoms with van der Waals surface area (Å²) in [6.45, 7) is 5.79. The van der Waals surface area contributed by atoms with Crippen molar-refractivity contribution in [2.75, 3.05) is 39.4 Å². The van der Waals surface area contributed by atoms with Crippen molar-refractivity contribution in [3.05, 3.63) is 50.5 Å².